The monoisotopic (exact) mass is 168 g/mol. The molecule has 0 aliphatic carbocycles. The fraction of sp³-hybridized carbons (Fsp3) is 0.556. The van der Waals surface area contributed by atoms with Gasteiger partial charge in [-0.2, -0.15) is 0 Å². The van der Waals surface area contributed by atoms with Crippen LogP contribution in [0.1, 0.15) is 13.8 Å². The normalized spacial score (nSPS) is 18.1. The maximum absolute atomic E-state index is 9.36. The summed E-state index contributed by atoms with van der Waals surface area (Å²) >= 11 is 0. The molecule has 0 unspecified atom stereocenters. The topological polar surface area (TPSA) is 26.7 Å². The molecule has 0 aromatic rings. The van der Waals surface area contributed by atoms with Crippen LogP contribution in [0.3, 0.4) is 0 Å². The molecule has 68 valence electrons. The quantitative estimate of drug-likeness (QED) is 0.641. The van der Waals surface area contributed by atoms with Crippen molar-refractivity contribution in [2.24, 2.45) is 0 Å². The van der Waals surface area contributed by atoms with Gasteiger partial charge >= 0.3 is 0 Å². The largest absolute Gasteiger partial charge is 0.378 e. The molecule has 1 heterocycles. The Hall–Kier alpha value is -0.960. The first kappa shape index (κ1) is 9.13. The van der Waals surface area contributed by atoms with Gasteiger partial charge in [0.1, 0.15) is 0 Å². The van der Waals surface area contributed by atoms with E-state index in [4.69, 9.17) is 0 Å². The molecule has 0 bridgehead atoms. The minimum Gasteiger partial charge on any atom is -0.378 e. The van der Waals surface area contributed by atoms with Crippen molar-refractivity contribution in [3.05, 3.63) is 23.0 Å². The van der Waals surface area contributed by atoms with Crippen LogP contribution in [0, 0.1) is 0 Å². The van der Waals surface area contributed by atoms with Gasteiger partial charge in [0.25, 0.3) is 0 Å². The predicted octanol–water partition coefficient (Wildman–Crippen LogP) is 1.43. The summed E-state index contributed by atoms with van der Waals surface area (Å²) in [7, 11) is 4.02. The molecular weight excluding hydrogens is 152 g/mol. The van der Waals surface area contributed by atoms with Crippen molar-refractivity contribution in [2.75, 3.05) is 20.6 Å². The molecule has 0 saturated heterocycles. The van der Waals surface area contributed by atoms with Gasteiger partial charge in [0.2, 0.25) is 0 Å². The third-order valence-electron chi connectivity index (χ3n) is 2.25. The summed E-state index contributed by atoms with van der Waals surface area (Å²) < 4.78 is 0. The number of nitrogens with zero attached hydrogens (tertiary/aromatic N) is 2. The van der Waals surface area contributed by atoms with E-state index in [-0.39, 0.29) is 0 Å². The van der Waals surface area contributed by atoms with Gasteiger partial charge in [0.15, 0.2) is 0 Å². The molecule has 0 fully saturated rings. The second kappa shape index (κ2) is 3.19. The lowest BCUT2D eigenvalue weighted by Crippen LogP contribution is -2.26. The summed E-state index contributed by atoms with van der Waals surface area (Å²) in [6, 6.07) is 0. The molecule has 0 aromatic carbocycles. The Morgan fingerprint density at radius 3 is 2.50 bits per heavy atom. The Balaban J connectivity index is 2.95. The minimum atomic E-state index is 0.580. The SMILES string of the molecule is CC1=C(C)N(O)CC=C1N(C)C. The molecule has 0 radical (unpaired) electrons. The van der Waals surface area contributed by atoms with Crippen LogP contribution in [0.25, 0.3) is 0 Å². The molecule has 0 saturated carbocycles. The van der Waals surface area contributed by atoms with E-state index in [9.17, 15) is 5.21 Å². The highest BCUT2D eigenvalue weighted by Gasteiger charge is 2.14. The van der Waals surface area contributed by atoms with Crippen molar-refractivity contribution in [1.82, 2.24) is 9.96 Å². The first-order chi connectivity index (χ1) is 5.54. The van der Waals surface area contributed by atoms with Crippen LogP contribution in [0.15, 0.2) is 23.0 Å². The van der Waals surface area contributed by atoms with Crippen molar-refractivity contribution in [3.8, 4) is 0 Å². The third-order valence-corrected chi connectivity index (χ3v) is 2.25. The number of hydrogen-bond donors (Lipinski definition) is 1. The average molecular weight is 168 g/mol. The molecule has 0 spiro atoms. The van der Waals surface area contributed by atoms with Gasteiger partial charge in [-0.15, -0.1) is 0 Å². The van der Waals surface area contributed by atoms with Gasteiger partial charge < -0.3 is 4.90 Å². The van der Waals surface area contributed by atoms with E-state index in [1.807, 2.05) is 34.0 Å². The second-order valence-electron chi connectivity index (χ2n) is 3.28. The van der Waals surface area contributed by atoms with E-state index in [1.165, 1.54) is 10.8 Å². The van der Waals surface area contributed by atoms with E-state index in [0.29, 0.717) is 6.54 Å². The van der Waals surface area contributed by atoms with Gasteiger partial charge in [0.05, 0.1) is 6.54 Å². The molecule has 3 heteroatoms. The number of allylic oxidation sites excluding steroid dienone is 2. The van der Waals surface area contributed by atoms with E-state index in [2.05, 4.69) is 4.90 Å². The maximum atomic E-state index is 9.36. The van der Waals surface area contributed by atoms with Crippen LogP contribution in [0.4, 0.5) is 0 Å². The first-order valence-electron chi connectivity index (χ1n) is 4.05. The molecule has 12 heavy (non-hydrogen) atoms. The van der Waals surface area contributed by atoms with Gasteiger partial charge in [-0.3, -0.25) is 10.3 Å². The molecule has 0 amide bonds. The lowest BCUT2D eigenvalue weighted by atomic mass is 10.1. The van der Waals surface area contributed by atoms with Crippen LogP contribution >= 0.6 is 0 Å². The smallest absolute Gasteiger partial charge is 0.0653 e. The molecule has 1 aliphatic heterocycles. The highest BCUT2D eigenvalue weighted by Crippen LogP contribution is 2.22. The number of hydroxylamine groups is 2. The van der Waals surface area contributed by atoms with Crippen molar-refractivity contribution in [1.29, 1.82) is 0 Å². The van der Waals surface area contributed by atoms with Crippen molar-refractivity contribution < 1.29 is 5.21 Å². The fourth-order valence-electron chi connectivity index (χ4n) is 1.36. The van der Waals surface area contributed by atoms with E-state index in [1.54, 1.807) is 0 Å². The summed E-state index contributed by atoms with van der Waals surface area (Å²) in [5.74, 6) is 0. The minimum absolute atomic E-state index is 0.580. The van der Waals surface area contributed by atoms with E-state index < -0.39 is 0 Å². The van der Waals surface area contributed by atoms with Crippen LogP contribution in [-0.2, 0) is 0 Å². The van der Waals surface area contributed by atoms with Gasteiger partial charge in [-0.25, -0.2) is 0 Å². The van der Waals surface area contributed by atoms with Crippen LogP contribution < -0.4 is 0 Å². The highest BCUT2D eigenvalue weighted by atomic mass is 16.5. The van der Waals surface area contributed by atoms with Crippen LogP contribution in [0.5, 0.6) is 0 Å². The van der Waals surface area contributed by atoms with Gasteiger partial charge in [-0.1, -0.05) is 0 Å². The number of hydrogen-bond acceptors (Lipinski definition) is 3. The third kappa shape index (κ3) is 1.46. The summed E-state index contributed by atoms with van der Waals surface area (Å²) in [6.07, 6.45) is 2.02. The van der Waals surface area contributed by atoms with Crippen molar-refractivity contribution in [3.63, 3.8) is 0 Å². The molecule has 0 atom stereocenters. The summed E-state index contributed by atoms with van der Waals surface area (Å²) in [6.45, 7) is 4.52. The van der Waals surface area contributed by atoms with E-state index >= 15 is 0 Å². The Morgan fingerprint density at radius 1 is 1.42 bits per heavy atom. The Bertz CT molecular complexity index is 241. The lowest BCUT2D eigenvalue weighted by molar-refractivity contribution is -0.0471. The maximum Gasteiger partial charge on any atom is 0.0653 e. The lowest BCUT2D eigenvalue weighted by Gasteiger charge is -2.28. The zero-order valence-electron chi connectivity index (χ0n) is 8.13. The summed E-state index contributed by atoms with van der Waals surface area (Å²) in [5, 5.41) is 10.6. The average Bonchev–Trinajstić information content (AvgIpc) is 2.00. The Labute approximate surface area is 73.5 Å². The predicted molar refractivity (Wildman–Crippen MR) is 48.6 cm³/mol. The second-order valence-corrected chi connectivity index (χ2v) is 3.28. The summed E-state index contributed by atoms with van der Waals surface area (Å²) in [4.78, 5) is 2.06. The fourth-order valence-corrected chi connectivity index (χ4v) is 1.36. The van der Waals surface area contributed by atoms with Gasteiger partial charge in [0, 0.05) is 25.5 Å². The highest BCUT2D eigenvalue weighted by molar-refractivity contribution is 5.33. The zero-order valence-corrected chi connectivity index (χ0v) is 8.13. The molecule has 0 aromatic heterocycles. The summed E-state index contributed by atoms with van der Waals surface area (Å²) in [5.41, 5.74) is 3.26. The standard InChI is InChI=1S/C9H16N2O/c1-7-8(2)11(12)6-5-9(7)10(3)4/h5,12H,6H2,1-4H3. The molecule has 3 nitrogen and oxygen atoms in total. The molecule has 1 aliphatic rings. The molecular formula is C9H16N2O. The van der Waals surface area contributed by atoms with Crippen molar-refractivity contribution in [2.45, 2.75) is 13.8 Å². The number of rotatable bonds is 1. The number of likely N-dealkylation sites (N-methyl/N-ethyl adjacent to an activating group) is 1. The Morgan fingerprint density at radius 2 is 2.00 bits per heavy atom. The molecule has 1 rings (SSSR count). The van der Waals surface area contributed by atoms with Gasteiger partial charge in [-0.05, 0) is 25.5 Å². The zero-order chi connectivity index (χ0) is 9.30. The Kier molecular flexibility index (Phi) is 2.43. The molecule has 1 N–H and O–H groups in total. The van der Waals surface area contributed by atoms with E-state index in [0.717, 1.165) is 11.3 Å². The first-order valence-corrected chi connectivity index (χ1v) is 4.05. The van der Waals surface area contributed by atoms with Crippen LogP contribution in [-0.4, -0.2) is 35.8 Å². The van der Waals surface area contributed by atoms with Crippen molar-refractivity contribution >= 4 is 0 Å². The van der Waals surface area contributed by atoms with Crippen LogP contribution in [0.2, 0.25) is 0 Å².